The average Bonchev–Trinajstić information content (AvgIpc) is 1.74. The monoisotopic (exact) mass is 1410 g/mol. The standard InChI is InChI=1S/C62H103N17O16S2/c1-7-33(4)47(57(90)74-43(32-97)55(88)72-41(61(94)95)28-36-18-11-10-12-19-36)75-56(89)44-22-16-26-78(44)59(92)45-23-17-27-79(45)60(93)48(34(5)8-2)76-54(87)42(30-80)73-53(86)40(20-13-14-24-63)71-58(91)49(35(6)81)77-51(84)38(9-3)70-52(85)39(21-15-25-67-62(65)66)69-46(82)29-68-50(83)37(64)31-96/h10-12,18-19,33-35,37-45,47-49,80-81,96-97H,7-9,13-17,20-32,63-64H2,1-6H3,(H,68,83)(H,69,82)(H,70,85)(H,71,91)(H,72,88)(H,73,86)(H,74,90)(H,75,89)(H,76,87)(H,77,84)(H,94,95)(H4,65,66,67)/t33-,34-,35+,37-,38-,39-,40-,41-,42-,43-,44-,45-,47-,48-,49-/m0/s1. The SMILES string of the molecule is CC[C@H](NC(=O)[C@H](CCCN=C(N)N)NC(=O)CNC(=O)[C@@H](N)CS)C(=O)N[C@H](C(=O)N[C@@H](CCCCN)C(=O)N[C@@H](CO)C(=O)N[C@H](C(=O)N1CCC[C@H]1C(=O)N1CCC[C@H]1C(=O)N[C@H](C(=O)N[C@@H](CS)C(=O)N[C@@H](Cc1ccccc1)C(=O)O)[C@@H](C)CC)[C@@H](C)CC)[C@@H](C)O. The van der Waals surface area contributed by atoms with Gasteiger partial charge in [0.15, 0.2) is 5.96 Å². The predicted octanol–water partition coefficient (Wildman–Crippen LogP) is -4.98. The normalized spacial score (nSPS) is 18.4. The van der Waals surface area contributed by atoms with Gasteiger partial charge in [-0.3, -0.25) is 62.5 Å². The molecule has 0 aliphatic carbocycles. The Morgan fingerprint density at radius 3 is 1.67 bits per heavy atom. The van der Waals surface area contributed by atoms with Gasteiger partial charge in [-0.1, -0.05) is 77.8 Å². The number of carboxylic acids is 1. The summed E-state index contributed by atoms with van der Waals surface area (Å²) in [6.07, 6.45) is 0.822. The molecule has 1 aromatic rings. The van der Waals surface area contributed by atoms with Crippen LogP contribution >= 0.6 is 25.3 Å². The maximum Gasteiger partial charge on any atom is 0.326 e. The Kier molecular flexibility index (Phi) is 36.7. The third-order valence-corrected chi connectivity index (χ3v) is 17.8. The first kappa shape index (κ1) is 83.4. The fourth-order valence-corrected chi connectivity index (χ4v) is 11.2. The van der Waals surface area contributed by atoms with Gasteiger partial charge in [0.1, 0.15) is 66.5 Å². The summed E-state index contributed by atoms with van der Waals surface area (Å²) in [6.45, 7) is 8.55. The molecule has 0 bridgehead atoms. The molecule has 0 saturated carbocycles. The van der Waals surface area contributed by atoms with Crippen molar-refractivity contribution >= 4 is 108 Å². The number of carbonyl (C=O) groups is 13. The summed E-state index contributed by atoms with van der Waals surface area (Å²) in [5.41, 5.74) is 22.9. The number of aliphatic imine (C=N–C) groups is 1. The van der Waals surface area contributed by atoms with Gasteiger partial charge in [0, 0.05) is 37.6 Å². The number of guanidine groups is 1. The number of hydrogen-bond donors (Lipinski definition) is 19. The number of likely N-dealkylation sites (tertiary alicyclic amines) is 2. The molecule has 12 amide bonds. The van der Waals surface area contributed by atoms with Gasteiger partial charge in [-0.2, -0.15) is 25.3 Å². The highest BCUT2D eigenvalue weighted by molar-refractivity contribution is 7.80. The maximum absolute atomic E-state index is 14.7. The zero-order valence-electron chi connectivity index (χ0n) is 56.1. The molecule has 35 heteroatoms. The predicted molar refractivity (Wildman–Crippen MR) is 364 cm³/mol. The van der Waals surface area contributed by atoms with Crippen molar-refractivity contribution in [2.45, 2.75) is 204 Å². The summed E-state index contributed by atoms with van der Waals surface area (Å²) >= 11 is 8.22. The molecule has 97 heavy (non-hydrogen) atoms. The molecular weight excluding hydrogens is 1300 g/mol. The van der Waals surface area contributed by atoms with E-state index in [1.807, 2.05) is 0 Å². The van der Waals surface area contributed by atoms with Gasteiger partial charge in [0.05, 0.1) is 25.3 Å². The van der Waals surface area contributed by atoms with E-state index in [9.17, 15) is 77.6 Å². The van der Waals surface area contributed by atoms with E-state index in [1.54, 1.807) is 58.0 Å². The van der Waals surface area contributed by atoms with Crippen molar-refractivity contribution in [2.24, 2.45) is 39.8 Å². The molecule has 2 fully saturated rings. The van der Waals surface area contributed by atoms with E-state index in [4.69, 9.17) is 22.9 Å². The average molecular weight is 1410 g/mol. The number of nitrogens with one attached hydrogen (secondary N) is 10. The van der Waals surface area contributed by atoms with E-state index in [-0.39, 0.29) is 95.0 Å². The van der Waals surface area contributed by atoms with Gasteiger partial charge < -0.3 is 101 Å². The van der Waals surface area contributed by atoms with Crippen molar-refractivity contribution in [2.75, 3.05) is 50.8 Å². The van der Waals surface area contributed by atoms with E-state index < -0.39 is 180 Å². The first-order valence-corrected chi connectivity index (χ1v) is 34.2. The molecule has 33 nitrogen and oxygen atoms in total. The van der Waals surface area contributed by atoms with Gasteiger partial charge in [0.25, 0.3) is 0 Å². The number of carbonyl (C=O) groups excluding carboxylic acids is 12. The summed E-state index contributed by atoms with van der Waals surface area (Å²) < 4.78 is 0. The van der Waals surface area contributed by atoms with Gasteiger partial charge in [-0.25, -0.2) is 4.79 Å². The van der Waals surface area contributed by atoms with E-state index in [0.717, 1.165) is 0 Å². The first-order valence-electron chi connectivity index (χ1n) is 32.9. The molecule has 21 N–H and O–H groups in total. The molecule has 0 aromatic heterocycles. The number of carboxylic acid groups (broad SMARTS) is 1. The number of nitrogens with zero attached hydrogens (tertiary/aromatic N) is 3. The highest BCUT2D eigenvalue weighted by atomic mass is 32.1. The number of rotatable bonds is 42. The van der Waals surface area contributed by atoms with Crippen LogP contribution in [-0.4, -0.2) is 237 Å². The van der Waals surface area contributed by atoms with Gasteiger partial charge in [-0.15, -0.1) is 0 Å². The van der Waals surface area contributed by atoms with Crippen molar-refractivity contribution < 1.29 is 77.6 Å². The lowest BCUT2D eigenvalue weighted by molar-refractivity contribution is -0.149. The molecule has 2 aliphatic heterocycles. The number of benzene rings is 1. The lowest BCUT2D eigenvalue weighted by atomic mass is 9.96. The summed E-state index contributed by atoms with van der Waals surface area (Å²) in [4.78, 5) is 185. The van der Waals surface area contributed by atoms with Crippen LogP contribution in [0.1, 0.15) is 124 Å². The molecule has 0 radical (unpaired) electrons. The Morgan fingerprint density at radius 1 is 0.588 bits per heavy atom. The molecular formula is C62H103N17O16S2. The Balaban J connectivity index is 1.77. The van der Waals surface area contributed by atoms with Gasteiger partial charge >= 0.3 is 5.97 Å². The summed E-state index contributed by atoms with van der Waals surface area (Å²) in [7, 11) is 0. The number of aliphatic hydroxyl groups is 2. The fraction of sp³-hybridized carbons (Fsp3) is 0.677. The van der Waals surface area contributed by atoms with Crippen LogP contribution in [0.5, 0.6) is 0 Å². The van der Waals surface area contributed by atoms with Gasteiger partial charge in [0.2, 0.25) is 70.9 Å². The molecule has 544 valence electrons. The van der Waals surface area contributed by atoms with E-state index in [1.165, 1.54) is 23.6 Å². The molecule has 3 rings (SSSR count). The fourth-order valence-electron chi connectivity index (χ4n) is 10.8. The Bertz CT molecular complexity index is 2860. The van der Waals surface area contributed by atoms with E-state index in [2.05, 4.69) is 83.4 Å². The van der Waals surface area contributed by atoms with Crippen LogP contribution < -0.4 is 76.1 Å². The molecule has 0 unspecified atom stereocenters. The van der Waals surface area contributed by atoms with Crippen LogP contribution in [0.2, 0.25) is 0 Å². The van der Waals surface area contributed by atoms with Crippen LogP contribution in [0.3, 0.4) is 0 Å². The molecule has 2 saturated heterocycles. The summed E-state index contributed by atoms with van der Waals surface area (Å²) in [6, 6.07) is -7.30. The van der Waals surface area contributed by atoms with Crippen molar-refractivity contribution in [3.8, 4) is 0 Å². The lowest BCUT2D eigenvalue weighted by Gasteiger charge is -2.35. The second-order valence-corrected chi connectivity index (χ2v) is 25.0. The number of aliphatic hydroxyl groups excluding tert-OH is 2. The third kappa shape index (κ3) is 26.5. The van der Waals surface area contributed by atoms with Crippen molar-refractivity contribution in [1.29, 1.82) is 0 Å². The topological polar surface area (TPSA) is 526 Å². The van der Waals surface area contributed by atoms with Gasteiger partial charge in [-0.05, 0) is 95.1 Å². The number of amides is 12. The molecule has 15 atom stereocenters. The highest BCUT2D eigenvalue weighted by Gasteiger charge is 2.46. The maximum atomic E-state index is 14.7. The van der Waals surface area contributed by atoms with Crippen LogP contribution in [0, 0.1) is 11.8 Å². The minimum Gasteiger partial charge on any atom is -0.480 e. The van der Waals surface area contributed by atoms with E-state index >= 15 is 0 Å². The summed E-state index contributed by atoms with van der Waals surface area (Å²) in [5.74, 6) is -12.6. The number of unbranched alkanes of at least 4 members (excludes halogenated alkanes) is 1. The van der Waals surface area contributed by atoms with Crippen LogP contribution in [0.25, 0.3) is 0 Å². The van der Waals surface area contributed by atoms with Crippen molar-refractivity contribution in [3.05, 3.63) is 35.9 Å². The minimum absolute atomic E-state index is 0.00644. The molecule has 2 heterocycles. The number of hydrogen-bond acceptors (Lipinski definition) is 20. The van der Waals surface area contributed by atoms with Crippen LogP contribution in [0.4, 0.5) is 0 Å². The lowest BCUT2D eigenvalue weighted by Crippen LogP contribution is -2.62. The van der Waals surface area contributed by atoms with Crippen molar-refractivity contribution in [3.63, 3.8) is 0 Å². The van der Waals surface area contributed by atoms with Crippen LogP contribution in [0.15, 0.2) is 35.3 Å². The second-order valence-electron chi connectivity index (χ2n) is 24.3. The Labute approximate surface area is 576 Å². The Morgan fingerprint density at radius 2 is 1.10 bits per heavy atom. The molecule has 2 aliphatic rings. The Hall–Kier alpha value is -7.86. The first-order chi connectivity index (χ1) is 46.0. The minimum atomic E-state index is -1.76. The number of aliphatic carboxylic acids is 1. The van der Waals surface area contributed by atoms with E-state index in [0.29, 0.717) is 37.7 Å². The summed E-state index contributed by atoms with van der Waals surface area (Å²) in [5, 5.41) is 56.6. The highest BCUT2D eigenvalue weighted by Crippen LogP contribution is 2.27. The molecule has 1 aromatic carbocycles. The number of nitrogens with two attached hydrogens (primary N) is 4. The third-order valence-electron chi connectivity index (χ3n) is 17.0. The number of thiol groups is 2. The zero-order chi connectivity index (χ0) is 72.6. The zero-order valence-corrected chi connectivity index (χ0v) is 57.9. The quantitative estimate of drug-likeness (QED) is 0.0126. The smallest absolute Gasteiger partial charge is 0.326 e. The largest absolute Gasteiger partial charge is 0.480 e. The van der Waals surface area contributed by atoms with Crippen LogP contribution in [-0.2, 0) is 68.7 Å². The second kappa shape index (κ2) is 42.7. The van der Waals surface area contributed by atoms with Crippen molar-refractivity contribution in [1.82, 2.24) is 63.0 Å². The molecule has 0 spiro atoms.